The predicted octanol–water partition coefficient (Wildman–Crippen LogP) is 2.69. The molecule has 0 aromatic rings. The minimum atomic E-state index is -3.66. The van der Waals surface area contributed by atoms with E-state index in [-0.39, 0.29) is 36.7 Å². The molecule has 4 N–H and O–H groups in total. The molecule has 0 bridgehead atoms. The number of carbonyl (C=O) groups is 1. The third kappa shape index (κ3) is 47.4. The summed E-state index contributed by atoms with van der Waals surface area (Å²) in [5.41, 5.74) is 4.50. The molecular formula is C21H46NNaO5S. The molecule has 0 atom stereocenters. The fourth-order valence-electron chi connectivity index (χ4n) is 2.35. The van der Waals surface area contributed by atoms with E-state index in [4.69, 9.17) is 9.66 Å². The van der Waals surface area contributed by atoms with Gasteiger partial charge in [-0.05, 0) is 46.1 Å². The second-order valence-electron chi connectivity index (χ2n) is 6.60. The number of hydrogen-bond acceptors (Lipinski definition) is 4. The zero-order valence-electron chi connectivity index (χ0n) is 20.4. The van der Waals surface area contributed by atoms with Crippen molar-refractivity contribution in [1.29, 1.82) is 0 Å². The normalized spacial score (nSPS) is 10.4. The van der Waals surface area contributed by atoms with Gasteiger partial charge in [-0.3, -0.25) is 9.35 Å². The second-order valence-corrected chi connectivity index (χ2v) is 8.34. The maximum atomic E-state index is 10.3. The molecule has 0 saturated carbocycles. The van der Waals surface area contributed by atoms with Crippen LogP contribution in [0.4, 0.5) is 0 Å². The Bertz CT molecular complexity index is 449. The van der Waals surface area contributed by atoms with Crippen molar-refractivity contribution < 1.29 is 53.9 Å². The first kappa shape index (κ1) is 36.5. The van der Waals surface area contributed by atoms with Crippen LogP contribution in [0.5, 0.6) is 0 Å². The van der Waals surface area contributed by atoms with E-state index in [1.54, 1.807) is 0 Å². The van der Waals surface area contributed by atoms with Crippen LogP contribution in [-0.4, -0.2) is 36.8 Å². The van der Waals surface area contributed by atoms with Gasteiger partial charge in [0.05, 0.1) is 5.75 Å². The number of allylic oxidation sites excluding steroid dienone is 2. The quantitative estimate of drug-likeness (QED) is 0.145. The molecule has 8 heteroatoms. The van der Waals surface area contributed by atoms with Crippen LogP contribution >= 0.6 is 0 Å². The van der Waals surface area contributed by atoms with Crippen LogP contribution in [0.3, 0.4) is 0 Å². The van der Waals surface area contributed by atoms with E-state index < -0.39 is 16.1 Å². The molecule has 0 aliphatic rings. The summed E-state index contributed by atoms with van der Waals surface area (Å²) in [5.74, 6) is -0.866. The van der Waals surface area contributed by atoms with Gasteiger partial charge in [0.25, 0.3) is 10.1 Å². The minimum Gasteiger partial charge on any atom is -1.00 e. The van der Waals surface area contributed by atoms with Gasteiger partial charge in [-0.15, -0.1) is 0 Å². The van der Waals surface area contributed by atoms with Gasteiger partial charge in [0.1, 0.15) is 0 Å². The predicted molar refractivity (Wildman–Crippen MR) is 120 cm³/mol. The zero-order valence-corrected chi connectivity index (χ0v) is 22.2. The molecule has 0 rings (SSSR count). The van der Waals surface area contributed by atoms with E-state index in [1.165, 1.54) is 84.6 Å². The summed E-state index contributed by atoms with van der Waals surface area (Å²) in [7, 11) is -2.16. The molecule has 172 valence electrons. The average Bonchev–Trinajstić information content (AvgIpc) is 2.66. The van der Waals surface area contributed by atoms with Gasteiger partial charge in [0.15, 0.2) is 0 Å². The van der Waals surface area contributed by atoms with Crippen molar-refractivity contribution in [3.63, 3.8) is 0 Å². The third-order valence-corrected chi connectivity index (χ3v) is 4.75. The Labute approximate surface area is 203 Å². The summed E-state index contributed by atoms with van der Waals surface area (Å²) < 4.78 is 26.9. The molecule has 0 heterocycles. The van der Waals surface area contributed by atoms with Gasteiger partial charge < -0.3 is 12.3 Å². The Morgan fingerprint density at radius 3 is 1.52 bits per heavy atom. The van der Waals surface area contributed by atoms with Crippen LogP contribution in [-0.2, 0) is 14.9 Å². The van der Waals surface area contributed by atoms with Crippen LogP contribution < -0.4 is 35.3 Å². The van der Waals surface area contributed by atoms with Crippen LogP contribution in [0.15, 0.2) is 12.2 Å². The molecule has 0 unspecified atom stereocenters. The molecule has 6 nitrogen and oxygen atoms in total. The molecule has 0 aromatic carbocycles. The van der Waals surface area contributed by atoms with Crippen molar-refractivity contribution in [1.82, 2.24) is 0 Å². The molecule has 0 fully saturated rings. The number of hydrogen-bond donors (Lipinski definition) is 3. The molecule has 0 aromatic heterocycles. The largest absolute Gasteiger partial charge is 1.00 e. The van der Waals surface area contributed by atoms with E-state index in [2.05, 4.69) is 24.8 Å². The molecule has 0 amide bonds. The SMILES string of the molecule is CCCCCCCC/C=C\CCCCCCCC(=O)O.CCS(=O)(=O)O.CN.[H-].[Na+]. The van der Waals surface area contributed by atoms with Crippen molar-refractivity contribution >= 4 is 16.1 Å². The first-order valence-electron chi connectivity index (χ1n) is 10.7. The van der Waals surface area contributed by atoms with Gasteiger partial charge in [0, 0.05) is 6.42 Å². The molecule has 0 saturated heterocycles. The Kier molecular flexibility index (Phi) is 38.1. The van der Waals surface area contributed by atoms with E-state index in [9.17, 15) is 13.2 Å². The maximum Gasteiger partial charge on any atom is 1.00 e. The number of nitrogens with two attached hydrogens (primary N) is 1. The standard InChI is InChI=1S/C18H34O2.C2H6O3S.CH5N.Na.H/c1-2-3-4-5-6-7-8-9-10-11-12-13-14-15-16-17-18(19)20;1-2-6(3,4)5;1-2;;/h9-10H,2-8,11-17H2,1H3,(H,19,20);2H2,1H3,(H,3,4,5);2H2,1H3;;/q;;;+1;-1/b10-9-;;;;. The summed E-state index contributed by atoms with van der Waals surface area (Å²) >= 11 is 0. The Hall–Kier alpha value is 0.0800. The van der Waals surface area contributed by atoms with Crippen molar-refractivity contribution in [2.45, 2.75) is 104 Å². The van der Waals surface area contributed by atoms with E-state index in [0.29, 0.717) is 6.42 Å². The number of carboxylic acids is 1. The van der Waals surface area contributed by atoms with E-state index in [1.807, 2.05) is 0 Å². The first-order valence-corrected chi connectivity index (χ1v) is 12.3. The summed E-state index contributed by atoms with van der Waals surface area (Å²) in [4.78, 5) is 10.3. The van der Waals surface area contributed by atoms with E-state index >= 15 is 0 Å². The maximum absolute atomic E-state index is 10.3. The Morgan fingerprint density at radius 1 is 0.828 bits per heavy atom. The van der Waals surface area contributed by atoms with Crippen molar-refractivity contribution in [3.05, 3.63) is 12.2 Å². The summed E-state index contributed by atoms with van der Waals surface area (Å²) in [6.45, 7) is 3.63. The molecular weight excluding hydrogens is 401 g/mol. The topological polar surface area (TPSA) is 118 Å². The molecule has 29 heavy (non-hydrogen) atoms. The van der Waals surface area contributed by atoms with Crippen LogP contribution in [0, 0.1) is 0 Å². The second kappa shape index (κ2) is 30.3. The van der Waals surface area contributed by atoms with Crippen LogP contribution in [0.1, 0.15) is 105 Å². The van der Waals surface area contributed by atoms with Crippen LogP contribution in [0.2, 0.25) is 0 Å². The van der Waals surface area contributed by atoms with Gasteiger partial charge in [0.2, 0.25) is 0 Å². The van der Waals surface area contributed by atoms with Gasteiger partial charge in [-0.1, -0.05) is 70.4 Å². The fraction of sp³-hybridized carbons (Fsp3) is 0.857. The van der Waals surface area contributed by atoms with Crippen molar-refractivity contribution in [2.24, 2.45) is 5.73 Å². The van der Waals surface area contributed by atoms with Crippen molar-refractivity contribution in [3.8, 4) is 0 Å². The smallest absolute Gasteiger partial charge is 1.00 e. The average molecular weight is 448 g/mol. The molecule has 0 radical (unpaired) electrons. The Balaban J connectivity index is -0.000000179. The number of rotatable bonds is 16. The summed E-state index contributed by atoms with van der Waals surface area (Å²) in [6.07, 6.45) is 21.2. The summed E-state index contributed by atoms with van der Waals surface area (Å²) in [5, 5.41) is 8.51. The van der Waals surface area contributed by atoms with Gasteiger partial charge >= 0.3 is 35.5 Å². The van der Waals surface area contributed by atoms with Gasteiger partial charge in [-0.2, -0.15) is 8.42 Å². The number of carboxylic acid groups (broad SMARTS) is 1. The first-order chi connectivity index (χ1) is 13.3. The minimum absolute atomic E-state index is 0. The number of unbranched alkanes of at least 4 members (excludes halogenated alkanes) is 11. The van der Waals surface area contributed by atoms with Crippen LogP contribution in [0.25, 0.3) is 0 Å². The molecule has 0 aliphatic heterocycles. The molecule has 0 spiro atoms. The number of aliphatic carboxylic acids is 1. The zero-order chi connectivity index (χ0) is 22.1. The van der Waals surface area contributed by atoms with Crippen molar-refractivity contribution in [2.75, 3.05) is 12.8 Å². The Morgan fingerprint density at radius 2 is 1.17 bits per heavy atom. The fourth-order valence-corrected chi connectivity index (χ4v) is 2.35. The third-order valence-electron chi connectivity index (χ3n) is 4.02. The summed E-state index contributed by atoms with van der Waals surface area (Å²) in [6, 6.07) is 0. The molecule has 0 aliphatic carbocycles. The van der Waals surface area contributed by atoms with Gasteiger partial charge in [-0.25, -0.2) is 0 Å². The van der Waals surface area contributed by atoms with E-state index in [0.717, 1.165) is 12.8 Å². The monoisotopic (exact) mass is 447 g/mol.